The van der Waals surface area contributed by atoms with E-state index in [1.807, 2.05) is 11.8 Å². The van der Waals surface area contributed by atoms with Crippen molar-refractivity contribution in [2.45, 2.75) is 24.3 Å². The Bertz CT molecular complexity index is 408. The quantitative estimate of drug-likeness (QED) is 0.613. The third-order valence-corrected chi connectivity index (χ3v) is 4.50. The molecule has 0 saturated heterocycles. The molecule has 0 aliphatic carbocycles. The van der Waals surface area contributed by atoms with Crippen LogP contribution in [-0.2, 0) is 13.0 Å². The normalized spacial score (nSPS) is 14.4. The van der Waals surface area contributed by atoms with E-state index < -0.39 is 0 Å². The van der Waals surface area contributed by atoms with Gasteiger partial charge in [-0.2, -0.15) is 0 Å². The maximum Gasteiger partial charge on any atom is 0.289 e. The molecular formula is C12H14BrNOS. The molecule has 4 heteroatoms. The molecule has 2 rings (SSSR count). The van der Waals surface area contributed by atoms with Crippen molar-refractivity contribution in [2.24, 2.45) is 0 Å². The number of halogens is 1. The number of carbonyl (C=O) groups excluding carboxylic acids is 1. The van der Waals surface area contributed by atoms with Gasteiger partial charge < -0.3 is 4.90 Å². The molecule has 1 aliphatic heterocycles. The number of carbonyl (C=O) groups is 1. The Morgan fingerprint density at radius 2 is 2.38 bits per heavy atom. The summed E-state index contributed by atoms with van der Waals surface area (Å²) in [6.45, 7) is 0.669. The fraction of sp³-hybridized carbons (Fsp3) is 0.417. The average molecular weight is 300 g/mol. The highest BCUT2D eigenvalue weighted by Crippen LogP contribution is 2.30. The maximum absolute atomic E-state index is 11.1. The number of amides is 1. The molecule has 1 aromatic carbocycles. The molecule has 16 heavy (non-hydrogen) atoms. The molecule has 86 valence electrons. The van der Waals surface area contributed by atoms with Crippen LogP contribution in [0.3, 0.4) is 0 Å². The lowest BCUT2D eigenvalue weighted by Gasteiger charge is -2.18. The minimum absolute atomic E-state index is 0.0698. The standard InChI is InChI=1S/C12H14BrNOS/c1-14(12(13)15)8-9-4-5-11-10(7-9)3-2-6-16-11/h4-5,7H,2-3,6,8H2,1H3. The van der Waals surface area contributed by atoms with E-state index in [-0.39, 0.29) is 4.82 Å². The monoisotopic (exact) mass is 299 g/mol. The van der Waals surface area contributed by atoms with Crippen molar-refractivity contribution in [1.82, 2.24) is 4.90 Å². The lowest BCUT2D eigenvalue weighted by molar-refractivity contribution is 0.233. The van der Waals surface area contributed by atoms with E-state index in [4.69, 9.17) is 0 Å². The van der Waals surface area contributed by atoms with Gasteiger partial charge in [-0.1, -0.05) is 12.1 Å². The number of thioether (sulfide) groups is 1. The van der Waals surface area contributed by atoms with Gasteiger partial charge in [0.1, 0.15) is 0 Å². The van der Waals surface area contributed by atoms with Gasteiger partial charge in [-0.15, -0.1) is 11.8 Å². The van der Waals surface area contributed by atoms with Crippen molar-refractivity contribution < 1.29 is 4.79 Å². The SMILES string of the molecule is CN(Cc1ccc2c(c1)CCCS2)C(=O)Br. The zero-order valence-corrected chi connectivity index (χ0v) is 11.6. The van der Waals surface area contributed by atoms with Gasteiger partial charge in [-0.3, -0.25) is 4.79 Å². The molecule has 0 spiro atoms. The fourth-order valence-corrected chi connectivity index (χ4v) is 2.99. The molecule has 1 aromatic rings. The van der Waals surface area contributed by atoms with Crippen molar-refractivity contribution in [3.8, 4) is 0 Å². The van der Waals surface area contributed by atoms with E-state index in [1.54, 1.807) is 11.9 Å². The van der Waals surface area contributed by atoms with Gasteiger partial charge in [-0.25, -0.2) is 0 Å². The first kappa shape index (κ1) is 12.0. The Labute approximate surface area is 109 Å². The van der Waals surface area contributed by atoms with Crippen molar-refractivity contribution in [2.75, 3.05) is 12.8 Å². The van der Waals surface area contributed by atoms with Crippen molar-refractivity contribution in [3.05, 3.63) is 29.3 Å². The van der Waals surface area contributed by atoms with E-state index >= 15 is 0 Å². The predicted molar refractivity (Wildman–Crippen MR) is 71.3 cm³/mol. The Hall–Kier alpha value is -0.480. The average Bonchev–Trinajstić information content (AvgIpc) is 2.28. The number of fused-ring (bicyclic) bond motifs is 1. The minimum Gasteiger partial charge on any atom is -0.332 e. The lowest BCUT2D eigenvalue weighted by Crippen LogP contribution is -2.19. The fourth-order valence-electron chi connectivity index (χ4n) is 1.85. The summed E-state index contributed by atoms with van der Waals surface area (Å²) in [5, 5.41) is 0. The van der Waals surface area contributed by atoms with Gasteiger partial charge in [-0.05, 0) is 35.8 Å². The molecule has 0 radical (unpaired) electrons. The van der Waals surface area contributed by atoms with Crippen LogP contribution in [0.5, 0.6) is 0 Å². The largest absolute Gasteiger partial charge is 0.332 e. The van der Waals surface area contributed by atoms with Crippen LogP contribution in [0.2, 0.25) is 0 Å². The van der Waals surface area contributed by atoms with Crippen LogP contribution in [0.15, 0.2) is 23.1 Å². The third kappa shape index (κ3) is 2.80. The number of nitrogens with zero attached hydrogens (tertiary/aromatic N) is 1. The van der Waals surface area contributed by atoms with Crippen LogP contribution >= 0.6 is 27.7 Å². The molecule has 1 amide bonds. The summed E-state index contributed by atoms with van der Waals surface area (Å²) in [6.07, 6.45) is 2.43. The van der Waals surface area contributed by atoms with E-state index in [1.165, 1.54) is 34.6 Å². The van der Waals surface area contributed by atoms with Gasteiger partial charge in [0.2, 0.25) is 0 Å². The van der Waals surface area contributed by atoms with Crippen molar-refractivity contribution in [3.63, 3.8) is 0 Å². The first-order chi connectivity index (χ1) is 7.66. The summed E-state index contributed by atoms with van der Waals surface area (Å²) in [7, 11) is 1.80. The maximum atomic E-state index is 11.1. The summed E-state index contributed by atoms with van der Waals surface area (Å²) < 4.78 is 0. The highest BCUT2D eigenvalue weighted by atomic mass is 79.9. The van der Waals surface area contributed by atoms with Crippen LogP contribution < -0.4 is 0 Å². The Kier molecular flexibility index (Phi) is 3.92. The topological polar surface area (TPSA) is 20.3 Å². The van der Waals surface area contributed by atoms with Gasteiger partial charge in [0.05, 0.1) is 0 Å². The van der Waals surface area contributed by atoms with Gasteiger partial charge in [0.25, 0.3) is 4.82 Å². The highest BCUT2D eigenvalue weighted by molar-refractivity contribution is 9.18. The summed E-state index contributed by atoms with van der Waals surface area (Å²) >= 11 is 4.89. The summed E-state index contributed by atoms with van der Waals surface area (Å²) in [4.78, 5) is 14.1. The second-order valence-electron chi connectivity index (χ2n) is 4.00. The number of rotatable bonds is 2. The number of hydrogen-bond acceptors (Lipinski definition) is 2. The van der Waals surface area contributed by atoms with E-state index in [0.29, 0.717) is 6.54 Å². The Balaban J connectivity index is 2.14. The molecule has 0 saturated carbocycles. The molecule has 0 N–H and O–H groups in total. The third-order valence-electron chi connectivity index (χ3n) is 2.69. The summed E-state index contributed by atoms with van der Waals surface area (Å²) in [5.74, 6) is 1.23. The van der Waals surface area contributed by atoms with E-state index in [2.05, 4.69) is 34.1 Å². The first-order valence-corrected chi connectivity index (χ1v) is 7.10. The molecule has 0 bridgehead atoms. The van der Waals surface area contributed by atoms with Gasteiger partial charge in [0, 0.05) is 34.4 Å². The molecule has 0 unspecified atom stereocenters. The minimum atomic E-state index is -0.0698. The highest BCUT2D eigenvalue weighted by Gasteiger charge is 2.11. The van der Waals surface area contributed by atoms with E-state index in [0.717, 1.165) is 0 Å². The molecule has 1 heterocycles. The number of hydrogen-bond donors (Lipinski definition) is 0. The molecule has 2 nitrogen and oxygen atoms in total. The van der Waals surface area contributed by atoms with Crippen LogP contribution in [0, 0.1) is 0 Å². The van der Waals surface area contributed by atoms with Gasteiger partial charge >= 0.3 is 0 Å². The van der Waals surface area contributed by atoms with E-state index in [9.17, 15) is 4.79 Å². The summed E-state index contributed by atoms with van der Waals surface area (Å²) in [5.41, 5.74) is 2.64. The first-order valence-electron chi connectivity index (χ1n) is 5.32. The smallest absolute Gasteiger partial charge is 0.289 e. The molecule has 1 aliphatic rings. The summed E-state index contributed by atoms with van der Waals surface area (Å²) in [6, 6.07) is 6.53. The second-order valence-corrected chi connectivity index (χ2v) is 5.82. The number of benzene rings is 1. The Morgan fingerprint density at radius 3 is 3.12 bits per heavy atom. The molecule has 0 fully saturated rings. The Morgan fingerprint density at radius 1 is 1.56 bits per heavy atom. The van der Waals surface area contributed by atoms with Gasteiger partial charge in [0.15, 0.2) is 0 Å². The molecule has 0 atom stereocenters. The van der Waals surface area contributed by atoms with Crippen molar-refractivity contribution >= 4 is 32.5 Å². The zero-order valence-electron chi connectivity index (χ0n) is 9.20. The number of aryl methyl sites for hydroxylation is 1. The lowest BCUT2D eigenvalue weighted by atomic mass is 10.1. The van der Waals surface area contributed by atoms with Crippen LogP contribution in [0.25, 0.3) is 0 Å². The van der Waals surface area contributed by atoms with Crippen molar-refractivity contribution in [1.29, 1.82) is 0 Å². The second kappa shape index (κ2) is 5.23. The molecule has 0 aromatic heterocycles. The molecular weight excluding hydrogens is 286 g/mol. The predicted octanol–water partition coefficient (Wildman–Crippen LogP) is 3.67. The van der Waals surface area contributed by atoms with Crippen LogP contribution in [0.1, 0.15) is 17.5 Å². The zero-order chi connectivity index (χ0) is 11.5. The van der Waals surface area contributed by atoms with Crippen LogP contribution in [0.4, 0.5) is 4.79 Å². The van der Waals surface area contributed by atoms with Crippen LogP contribution in [-0.4, -0.2) is 22.5 Å².